The lowest BCUT2D eigenvalue weighted by molar-refractivity contribution is -0.136. The van der Waals surface area contributed by atoms with Crippen molar-refractivity contribution in [2.24, 2.45) is 23.7 Å². The van der Waals surface area contributed by atoms with E-state index in [1.165, 1.54) is 32.1 Å². The quantitative estimate of drug-likeness (QED) is 0.885. The molecule has 0 unspecified atom stereocenters. The Morgan fingerprint density at radius 1 is 1.25 bits per heavy atom. The van der Waals surface area contributed by atoms with E-state index in [2.05, 4.69) is 5.10 Å². The van der Waals surface area contributed by atoms with Gasteiger partial charge in [-0.2, -0.15) is 5.10 Å². The highest BCUT2D eigenvalue weighted by molar-refractivity contribution is 5.69. The highest BCUT2D eigenvalue weighted by atomic mass is 16.4. The Kier molecular flexibility index (Phi) is 2.59. The molecule has 4 fully saturated rings. The molecular weight excluding hydrogens is 254 g/mol. The molecule has 1 aromatic heterocycles. The standard InChI is InChI=1S/C15H21N3O2/c16-13-6-12(7-14(19)20)17-18(13)15-10-2-8-1-9(4-10)5-11(15)3-8/h6,8-11,15H,1-5,7,16H2,(H,19,20). The van der Waals surface area contributed by atoms with Crippen LogP contribution in [0.1, 0.15) is 43.8 Å². The Morgan fingerprint density at radius 3 is 2.40 bits per heavy atom. The van der Waals surface area contributed by atoms with Crippen LogP contribution in [0.25, 0.3) is 0 Å². The Labute approximate surface area is 118 Å². The van der Waals surface area contributed by atoms with Crippen LogP contribution in [-0.2, 0) is 11.2 Å². The molecule has 5 rings (SSSR count). The summed E-state index contributed by atoms with van der Waals surface area (Å²) in [4.78, 5) is 10.8. The van der Waals surface area contributed by atoms with E-state index >= 15 is 0 Å². The third-order valence-electron chi connectivity index (χ3n) is 5.61. The zero-order chi connectivity index (χ0) is 13.9. The number of carbonyl (C=O) groups is 1. The molecule has 0 radical (unpaired) electrons. The van der Waals surface area contributed by atoms with Crippen molar-refractivity contribution in [3.8, 4) is 0 Å². The fourth-order valence-corrected chi connectivity index (χ4v) is 5.24. The van der Waals surface area contributed by atoms with Gasteiger partial charge >= 0.3 is 5.97 Å². The van der Waals surface area contributed by atoms with E-state index in [9.17, 15) is 4.79 Å². The van der Waals surface area contributed by atoms with E-state index in [0.717, 1.165) is 11.8 Å². The number of nitrogens with two attached hydrogens (primary N) is 1. The number of hydrogen-bond donors (Lipinski definition) is 2. The van der Waals surface area contributed by atoms with Gasteiger partial charge in [-0.1, -0.05) is 0 Å². The van der Waals surface area contributed by atoms with Crippen LogP contribution in [0.4, 0.5) is 5.82 Å². The average Bonchev–Trinajstić information content (AvgIpc) is 2.68. The summed E-state index contributed by atoms with van der Waals surface area (Å²) >= 11 is 0. The number of anilines is 1. The van der Waals surface area contributed by atoms with Crippen LogP contribution in [0.5, 0.6) is 0 Å². The van der Waals surface area contributed by atoms with Gasteiger partial charge in [-0.25, -0.2) is 4.68 Å². The Morgan fingerprint density at radius 2 is 1.85 bits per heavy atom. The Hall–Kier alpha value is -1.52. The van der Waals surface area contributed by atoms with Gasteiger partial charge in [0, 0.05) is 6.07 Å². The number of nitrogen functional groups attached to an aromatic ring is 1. The molecule has 20 heavy (non-hydrogen) atoms. The molecule has 5 heteroatoms. The van der Waals surface area contributed by atoms with E-state index < -0.39 is 5.97 Å². The second-order valence-corrected chi connectivity index (χ2v) is 7.00. The summed E-state index contributed by atoms with van der Waals surface area (Å²) in [6, 6.07) is 2.14. The summed E-state index contributed by atoms with van der Waals surface area (Å²) in [5, 5.41) is 13.4. The molecule has 1 aromatic rings. The molecule has 0 spiro atoms. The SMILES string of the molecule is Nc1cc(CC(=O)O)nn1C1C2CC3CC(C2)CC1C3. The molecule has 0 aromatic carbocycles. The lowest BCUT2D eigenvalue weighted by Crippen LogP contribution is -2.46. The molecular formula is C15H21N3O2. The number of carboxylic acid groups (broad SMARTS) is 1. The fraction of sp³-hybridized carbons (Fsp3) is 0.733. The summed E-state index contributed by atoms with van der Waals surface area (Å²) in [7, 11) is 0. The van der Waals surface area contributed by atoms with Gasteiger partial charge in [-0.05, 0) is 55.8 Å². The molecule has 4 aliphatic carbocycles. The van der Waals surface area contributed by atoms with Crippen LogP contribution in [-0.4, -0.2) is 20.9 Å². The molecule has 3 N–H and O–H groups in total. The highest BCUT2D eigenvalue weighted by Gasteiger charge is 2.49. The van der Waals surface area contributed by atoms with E-state index in [0.29, 0.717) is 29.4 Å². The van der Waals surface area contributed by atoms with Crippen molar-refractivity contribution >= 4 is 11.8 Å². The second kappa shape index (κ2) is 4.24. The summed E-state index contributed by atoms with van der Waals surface area (Å²) in [5.74, 6) is 3.03. The number of carboxylic acids is 1. The molecule has 4 aliphatic rings. The van der Waals surface area contributed by atoms with E-state index in [1.807, 2.05) is 4.68 Å². The maximum atomic E-state index is 10.8. The van der Waals surface area contributed by atoms with Gasteiger partial charge < -0.3 is 10.8 Å². The first-order valence-corrected chi connectivity index (χ1v) is 7.66. The largest absolute Gasteiger partial charge is 0.481 e. The van der Waals surface area contributed by atoms with Crippen LogP contribution in [0.15, 0.2) is 6.07 Å². The Bertz CT molecular complexity index is 523. The van der Waals surface area contributed by atoms with Crippen LogP contribution in [0.2, 0.25) is 0 Å². The highest BCUT2D eigenvalue weighted by Crippen LogP contribution is 2.58. The van der Waals surface area contributed by atoms with Crippen molar-refractivity contribution in [1.82, 2.24) is 9.78 Å². The first-order chi connectivity index (χ1) is 9.60. The van der Waals surface area contributed by atoms with Gasteiger partial charge in [0.25, 0.3) is 0 Å². The van der Waals surface area contributed by atoms with E-state index in [4.69, 9.17) is 10.8 Å². The van der Waals surface area contributed by atoms with E-state index in [-0.39, 0.29) is 6.42 Å². The van der Waals surface area contributed by atoms with Crippen molar-refractivity contribution in [3.63, 3.8) is 0 Å². The van der Waals surface area contributed by atoms with Crippen molar-refractivity contribution in [2.75, 3.05) is 5.73 Å². The maximum Gasteiger partial charge on any atom is 0.309 e. The lowest BCUT2D eigenvalue weighted by Gasteiger charge is -2.54. The molecule has 1 heterocycles. The smallest absolute Gasteiger partial charge is 0.309 e. The van der Waals surface area contributed by atoms with Gasteiger partial charge in [0.05, 0.1) is 18.2 Å². The third-order valence-corrected chi connectivity index (χ3v) is 5.61. The zero-order valence-corrected chi connectivity index (χ0v) is 11.5. The molecule has 108 valence electrons. The van der Waals surface area contributed by atoms with Gasteiger partial charge in [-0.3, -0.25) is 4.79 Å². The topological polar surface area (TPSA) is 81.1 Å². The normalized spacial score (nSPS) is 38.3. The molecule has 0 amide bonds. The van der Waals surface area contributed by atoms with Crippen LogP contribution >= 0.6 is 0 Å². The number of aromatic nitrogens is 2. The Balaban J connectivity index is 1.64. The molecule has 0 saturated heterocycles. The maximum absolute atomic E-state index is 10.8. The van der Waals surface area contributed by atoms with Crippen molar-refractivity contribution in [3.05, 3.63) is 11.8 Å². The third kappa shape index (κ3) is 1.83. The van der Waals surface area contributed by atoms with E-state index in [1.54, 1.807) is 6.07 Å². The number of aliphatic carboxylic acids is 1. The van der Waals surface area contributed by atoms with Gasteiger partial charge in [-0.15, -0.1) is 0 Å². The summed E-state index contributed by atoms with van der Waals surface area (Å²) < 4.78 is 1.95. The molecule has 0 atom stereocenters. The monoisotopic (exact) mass is 275 g/mol. The van der Waals surface area contributed by atoms with Crippen molar-refractivity contribution < 1.29 is 9.90 Å². The predicted molar refractivity (Wildman–Crippen MR) is 74.1 cm³/mol. The number of hydrogen-bond acceptors (Lipinski definition) is 3. The minimum absolute atomic E-state index is 0.0372. The van der Waals surface area contributed by atoms with Gasteiger partial charge in [0.1, 0.15) is 5.82 Å². The van der Waals surface area contributed by atoms with Crippen molar-refractivity contribution in [2.45, 2.75) is 44.6 Å². The minimum atomic E-state index is -0.847. The number of rotatable bonds is 3. The van der Waals surface area contributed by atoms with Gasteiger partial charge in [0.2, 0.25) is 0 Å². The number of nitrogens with zero attached hydrogens (tertiary/aromatic N) is 2. The molecule has 5 nitrogen and oxygen atoms in total. The van der Waals surface area contributed by atoms with Crippen LogP contribution in [0.3, 0.4) is 0 Å². The average molecular weight is 275 g/mol. The lowest BCUT2D eigenvalue weighted by atomic mass is 9.54. The van der Waals surface area contributed by atoms with Crippen LogP contribution in [0, 0.1) is 23.7 Å². The molecule has 4 saturated carbocycles. The van der Waals surface area contributed by atoms with Crippen LogP contribution < -0.4 is 5.73 Å². The first kappa shape index (κ1) is 12.2. The fourth-order valence-electron chi connectivity index (χ4n) is 5.24. The minimum Gasteiger partial charge on any atom is -0.481 e. The molecule has 0 aliphatic heterocycles. The second-order valence-electron chi connectivity index (χ2n) is 7.00. The summed E-state index contributed by atoms with van der Waals surface area (Å²) in [6.45, 7) is 0. The molecule has 4 bridgehead atoms. The summed E-state index contributed by atoms with van der Waals surface area (Å²) in [5.41, 5.74) is 6.69. The van der Waals surface area contributed by atoms with Crippen molar-refractivity contribution in [1.29, 1.82) is 0 Å². The first-order valence-electron chi connectivity index (χ1n) is 7.66. The summed E-state index contributed by atoms with van der Waals surface area (Å²) in [6.07, 6.45) is 6.63. The van der Waals surface area contributed by atoms with Gasteiger partial charge in [0.15, 0.2) is 0 Å². The predicted octanol–water partition coefficient (Wildman–Crippen LogP) is 2.09. The zero-order valence-electron chi connectivity index (χ0n) is 11.5.